The van der Waals surface area contributed by atoms with Gasteiger partial charge >= 0.3 is 0 Å². The van der Waals surface area contributed by atoms with E-state index in [0.29, 0.717) is 0 Å². The van der Waals surface area contributed by atoms with E-state index in [1.807, 2.05) is 18.2 Å². The van der Waals surface area contributed by atoms with Gasteiger partial charge in [0.1, 0.15) is 6.67 Å². The smallest absolute Gasteiger partial charge is 0.109 e. The van der Waals surface area contributed by atoms with E-state index in [-0.39, 0.29) is 12.4 Å². The minimum Gasteiger partial charge on any atom is -0.322 e. The maximum absolute atomic E-state index is 12.2. The number of hydrogen-bond donors (Lipinski definition) is 1. The molecule has 1 aromatic carbocycles. The molecular weight excluding hydrogens is 324 g/mol. The number of halogens is 4. The fourth-order valence-electron chi connectivity index (χ4n) is 0.882. The van der Waals surface area contributed by atoms with Crippen LogP contribution in [0.1, 0.15) is 11.6 Å². The quantitative estimate of drug-likeness (QED) is 0.879. The van der Waals surface area contributed by atoms with Crippen molar-refractivity contribution >= 4 is 44.3 Å². The SMILES string of the molecule is Cl.N[C@H](CF)c1cc(Br)ccc1Br. The normalized spacial score (nSPS) is 12.0. The lowest BCUT2D eigenvalue weighted by Gasteiger charge is -2.09. The summed E-state index contributed by atoms with van der Waals surface area (Å²) in [5.74, 6) is 0. The number of alkyl halides is 1. The predicted molar refractivity (Wildman–Crippen MR) is 62.0 cm³/mol. The first-order chi connectivity index (χ1) is 5.65. The number of nitrogens with two attached hydrogens (primary N) is 1. The first kappa shape index (κ1) is 13.4. The summed E-state index contributed by atoms with van der Waals surface area (Å²) in [6, 6.07) is 4.99. The molecular formula is C8H9Br2ClFN. The van der Waals surface area contributed by atoms with Crippen molar-refractivity contribution in [3.8, 4) is 0 Å². The highest BCUT2D eigenvalue weighted by Crippen LogP contribution is 2.25. The van der Waals surface area contributed by atoms with Gasteiger partial charge in [0.15, 0.2) is 0 Å². The van der Waals surface area contributed by atoms with Crippen molar-refractivity contribution in [3.05, 3.63) is 32.7 Å². The second kappa shape index (κ2) is 5.96. The molecule has 0 unspecified atom stereocenters. The maximum Gasteiger partial charge on any atom is 0.109 e. The van der Waals surface area contributed by atoms with Crippen LogP contribution in [0.2, 0.25) is 0 Å². The third-order valence-electron chi connectivity index (χ3n) is 1.52. The highest BCUT2D eigenvalue weighted by Gasteiger charge is 2.09. The first-order valence-electron chi connectivity index (χ1n) is 3.41. The first-order valence-corrected chi connectivity index (χ1v) is 5.00. The van der Waals surface area contributed by atoms with Crippen LogP contribution in [0.3, 0.4) is 0 Å². The average Bonchev–Trinajstić information content (AvgIpc) is 2.08. The molecule has 0 aliphatic rings. The maximum atomic E-state index is 12.2. The average molecular weight is 333 g/mol. The van der Waals surface area contributed by atoms with Crippen molar-refractivity contribution in [2.24, 2.45) is 5.73 Å². The monoisotopic (exact) mass is 331 g/mol. The van der Waals surface area contributed by atoms with Crippen LogP contribution in [0.4, 0.5) is 4.39 Å². The minimum absolute atomic E-state index is 0. The van der Waals surface area contributed by atoms with Crippen molar-refractivity contribution in [2.75, 3.05) is 6.67 Å². The Balaban J connectivity index is 0.00000144. The van der Waals surface area contributed by atoms with E-state index in [1.54, 1.807) is 0 Å². The Morgan fingerprint density at radius 1 is 1.38 bits per heavy atom. The third kappa shape index (κ3) is 3.54. The zero-order valence-corrected chi connectivity index (χ0v) is 10.6. The van der Waals surface area contributed by atoms with E-state index in [0.717, 1.165) is 14.5 Å². The molecule has 0 fully saturated rings. The van der Waals surface area contributed by atoms with Crippen molar-refractivity contribution in [2.45, 2.75) is 6.04 Å². The molecule has 0 heterocycles. The van der Waals surface area contributed by atoms with Gasteiger partial charge in [0.25, 0.3) is 0 Å². The molecule has 1 rings (SSSR count). The van der Waals surface area contributed by atoms with E-state index >= 15 is 0 Å². The van der Waals surface area contributed by atoms with E-state index < -0.39 is 12.7 Å². The van der Waals surface area contributed by atoms with Gasteiger partial charge in [-0.25, -0.2) is 4.39 Å². The molecule has 2 N–H and O–H groups in total. The standard InChI is InChI=1S/C8H8Br2FN.ClH/c9-5-1-2-7(10)6(3-5)8(12)4-11;/h1-3,8H,4,12H2;1H/t8-;/m1./s1. The van der Waals surface area contributed by atoms with Crippen molar-refractivity contribution in [1.82, 2.24) is 0 Å². The van der Waals surface area contributed by atoms with E-state index in [9.17, 15) is 4.39 Å². The molecule has 0 aliphatic heterocycles. The molecule has 1 atom stereocenters. The second-order valence-corrected chi connectivity index (χ2v) is 4.20. The molecule has 0 radical (unpaired) electrons. The summed E-state index contributed by atoms with van der Waals surface area (Å²) in [5.41, 5.74) is 6.32. The predicted octanol–water partition coefficient (Wildman–Crippen LogP) is 3.60. The van der Waals surface area contributed by atoms with Gasteiger partial charge in [-0.2, -0.15) is 0 Å². The van der Waals surface area contributed by atoms with Gasteiger partial charge in [-0.15, -0.1) is 12.4 Å². The van der Waals surface area contributed by atoms with Gasteiger partial charge in [-0.3, -0.25) is 0 Å². The van der Waals surface area contributed by atoms with Gasteiger partial charge in [0.2, 0.25) is 0 Å². The molecule has 0 spiro atoms. The van der Waals surface area contributed by atoms with Crippen LogP contribution >= 0.6 is 44.3 Å². The molecule has 1 nitrogen and oxygen atoms in total. The Morgan fingerprint density at radius 3 is 2.54 bits per heavy atom. The summed E-state index contributed by atoms with van der Waals surface area (Å²) in [4.78, 5) is 0. The van der Waals surface area contributed by atoms with Crippen LogP contribution in [0.5, 0.6) is 0 Å². The van der Waals surface area contributed by atoms with E-state index in [1.165, 1.54) is 0 Å². The molecule has 0 saturated carbocycles. The zero-order valence-electron chi connectivity index (χ0n) is 6.64. The highest BCUT2D eigenvalue weighted by atomic mass is 79.9. The zero-order chi connectivity index (χ0) is 9.14. The van der Waals surface area contributed by atoms with Gasteiger partial charge in [-0.1, -0.05) is 31.9 Å². The van der Waals surface area contributed by atoms with Crippen molar-refractivity contribution in [1.29, 1.82) is 0 Å². The van der Waals surface area contributed by atoms with Gasteiger partial charge in [0.05, 0.1) is 6.04 Å². The molecule has 74 valence electrons. The van der Waals surface area contributed by atoms with E-state index in [4.69, 9.17) is 5.73 Å². The van der Waals surface area contributed by atoms with E-state index in [2.05, 4.69) is 31.9 Å². The lowest BCUT2D eigenvalue weighted by atomic mass is 10.1. The van der Waals surface area contributed by atoms with Crippen LogP contribution < -0.4 is 5.73 Å². The summed E-state index contributed by atoms with van der Waals surface area (Å²) in [6.07, 6.45) is 0. The molecule has 0 aliphatic carbocycles. The molecule has 0 amide bonds. The molecule has 5 heteroatoms. The van der Waals surface area contributed by atoms with Gasteiger partial charge in [-0.05, 0) is 23.8 Å². The van der Waals surface area contributed by atoms with Gasteiger partial charge < -0.3 is 5.73 Å². The molecule has 0 saturated heterocycles. The summed E-state index contributed by atoms with van der Waals surface area (Å²) in [5, 5.41) is 0. The molecule has 13 heavy (non-hydrogen) atoms. The second-order valence-electron chi connectivity index (χ2n) is 2.43. The van der Waals surface area contributed by atoms with Gasteiger partial charge in [0, 0.05) is 8.95 Å². The Labute approximate surface area is 99.6 Å². The Bertz CT molecular complexity index is 283. The number of benzene rings is 1. The van der Waals surface area contributed by atoms with Crippen LogP contribution in [0.25, 0.3) is 0 Å². The topological polar surface area (TPSA) is 26.0 Å². The fraction of sp³-hybridized carbons (Fsp3) is 0.250. The van der Waals surface area contributed by atoms with Crippen LogP contribution in [-0.2, 0) is 0 Å². The lowest BCUT2D eigenvalue weighted by Crippen LogP contribution is -2.12. The molecule has 0 bridgehead atoms. The highest BCUT2D eigenvalue weighted by molar-refractivity contribution is 9.11. The van der Waals surface area contributed by atoms with Crippen molar-refractivity contribution < 1.29 is 4.39 Å². The largest absolute Gasteiger partial charge is 0.322 e. The fourth-order valence-corrected chi connectivity index (χ4v) is 1.80. The lowest BCUT2D eigenvalue weighted by molar-refractivity contribution is 0.436. The summed E-state index contributed by atoms with van der Waals surface area (Å²) in [6.45, 7) is -0.547. The molecule has 0 aromatic heterocycles. The summed E-state index contributed by atoms with van der Waals surface area (Å²) in [7, 11) is 0. The minimum atomic E-state index is -0.547. The van der Waals surface area contributed by atoms with Crippen molar-refractivity contribution in [3.63, 3.8) is 0 Å². The molecule has 1 aromatic rings. The Morgan fingerprint density at radius 2 is 2.00 bits per heavy atom. The number of rotatable bonds is 2. The Hall–Kier alpha value is 0.360. The number of hydrogen-bond acceptors (Lipinski definition) is 1. The summed E-state index contributed by atoms with van der Waals surface area (Å²) < 4.78 is 14.0. The Kier molecular flexibility index (Phi) is 6.12. The van der Waals surface area contributed by atoms with Crippen LogP contribution in [0, 0.1) is 0 Å². The summed E-state index contributed by atoms with van der Waals surface area (Å²) >= 11 is 6.60. The van der Waals surface area contributed by atoms with Crippen LogP contribution in [-0.4, -0.2) is 6.67 Å². The van der Waals surface area contributed by atoms with Crippen LogP contribution in [0.15, 0.2) is 27.1 Å². The third-order valence-corrected chi connectivity index (χ3v) is 2.74.